The first-order chi connectivity index (χ1) is 66.1. The number of aliphatic hydroxyl groups is 14. The van der Waals surface area contributed by atoms with Crippen LogP contribution in [0, 0.1) is 12.8 Å². The van der Waals surface area contributed by atoms with Crippen LogP contribution >= 0.6 is 23.2 Å². The summed E-state index contributed by atoms with van der Waals surface area (Å²) >= 11 is 14.4. The molecule has 0 aromatic heterocycles. The van der Waals surface area contributed by atoms with Gasteiger partial charge in [-0.05, 0) is 147 Å². The van der Waals surface area contributed by atoms with Crippen molar-refractivity contribution in [1.29, 1.82) is 0 Å². The second-order valence-electron chi connectivity index (χ2n) is 35.2. The number of hydrogen-bond donors (Lipinski definition) is 18. The molecule has 8 aliphatic heterocycles. The molecule has 0 saturated carbocycles. The summed E-state index contributed by atoms with van der Waals surface area (Å²) in [6.45, 7) is 6.65. The zero-order valence-electron chi connectivity index (χ0n) is 75.5. The number of aliphatic carboxylic acids is 1. The summed E-state index contributed by atoms with van der Waals surface area (Å²) < 4.78 is 104. The van der Waals surface area contributed by atoms with Gasteiger partial charge in [-0.2, -0.15) is 8.42 Å². The van der Waals surface area contributed by atoms with Crippen LogP contribution in [0.5, 0.6) is 28.7 Å². The van der Waals surface area contributed by atoms with E-state index in [4.69, 9.17) is 57.4 Å². The number of hydrogen-bond acceptors (Lipinski definition) is 29. The summed E-state index contributed by atoms with van der Waals surface area (Å²) in [6.07, 6.45) is -16.5. The molecule has 42 nitrogen and oxygen atoms in total. The molecule has 8 heterocycles. The maximum absolute atomic E-state index is 15.2. The molecule has 16 rings (SSSR count). The van der Waals surface area contributed by atoms with Gasteiger partial charge < -0.3 is 131 Å². The van der Waals surface area contributed by atoms with Gasteiger partial charge >= 0.3 is 11.9 Å². The fourth-order valence-corrected chi connectivity index (χ4v) is 19.7. The quantitative estimate of drug-likeness (QED) is 0.0128. The van der Waals surface area contributed by atoms with Gasteiger partial charge in [-0.15, -0.1) is 0 Å². The average Bonchev–Trinajstić information content (AvgIpc) is 0.736. The number of ketones is 2. The number of para-hydroxylation sites is 2. The van der Waals surface area contributed by atoms with Gasteiger partial charge in [0.05, 0.1) is 57.7 Å². The number of carbonyl (C=O) groups excluding carboxylic acids is 4. The van der Waals surface area contributed by atoms with Crippen LogP contribution in [0.1, 0.15) is 118 Å². The Bertz CT molecular complexity index is 6500. The standard InChI is InChI=1S/C94H101Cl2N11O31S2/c1-42(2)31-60(105(6)69(113)17-11-29-107(140(131,132)50-23-18-43(3)19-24-50)91(125)72-51-13-7-9-15-58(51)106(28-12-30-139(128,129)130)59-16-10-8-14-52(59)72)86(120)103-76-78(114)46-21-26-63(55(95)33-46)134-65-35-48-36-66(82(65)138-93-83(81(117)80(116)67(41-108)136-93)137-70-40-94(5,98)84(118)44(4)133-70)135-64-27-22-47(34-56(64)96)79(115)77-90(124)102-75(92(126)127)54-37-49(109)38-62(111)71(54)53-32-45(20-25-61(53)110)73(87(121)104-77)101-88(122)74(48)100-85(119)57(39-68(97)112)99-89(76)123/h7-10,13-16,18-27,32-38,42,44,57,60,67,70,73-81,83-84,93,108,114-118H,11-12,17,28-31,39-41,98H2,1-6H3,(H12,97,99,100,101,102,103,104,109,111,112,119,120,121,122,123,124,125,126,127,128,129,130)/p+1/b71-53-/t44-,57-,60+,67+,70-,73+,74+,75-,76+,77-,78+,79+,80+,81-,83+,84+,93-,94-/m0/s1. The smallest absolute Gasteiger partial charge is 0.361 e. The number of amides is 2. The van der Waals surface area contributed by atoms with Crippen molar-refractivity contribution in [2.24, 2.45) is 30.9 Å². The van der Waals surface area contributed by atoms with Crippen LogP contribution < -0.4 is 29.8 Å². The minimum Gasteiger partial charge on any atom is -0.668 e. The highest BCUT2D eigenvalue weighted by molar-refractivity contribution is 7.89. The van der Waals surface area contributed by atoms with Crippen molar-refractivity contribution in [3.8, 4) is 28.7 Å². The molecule has 18 atom stereocenters. The third kappa shape index (κ3) is 21.9. The van der Waals surface area contributed by atoms with E-state index >= 15 is 13.2 Å². The number of carboxylic acid groups (broad SMARTS) is 1. The maximum atomic E-state index is 15.2. The van der Waals surface area contributed by atoms with Gasteiger partial charge in [-0.3, -0.25) is 18.9 Å². The molecule has 6 aromatic carbocycles. The molecular weight excluding hydrogens is 1910 g/mol. The normalized spacial score (nSPS) is 26.9. The molecule has 140 heavy (non-hydrogen) atoms. The highest BCUT2D eigenvalue weighted by atomic mass is 35.5. The molecule has 46 heteroatoms. The number of carboxylic acids is 1. The number of allylic oxidation sites excluding steroid dienone is 6. The number of anilines is 2. The number of halogens is 2. The summed E-state index contributed by atoms with van der Waals surface area (Å²) in [5.74, 6) is -20.0. The molecule has 0 spiro atoms. The number of quaternary nitrogens is 1. The van der Waals surface area contributed by atoms with E-state index in [1.165, 1.54) is 26.1 Å². The summed E-state index contributed by atoms with van der Waals surface area (Å²) in [6, 6.07) is 11.8. The lowest BCUT2D eigenvalue weighted by Crippen LogP contribution is -2.84. The Morgan fingerprint density at radius 1 is 0.736 bits per heavy atom. The van der Waals surface area contributed by atoms with E-state index in [0.717, 1.165) is 76.0 Å². The highest BCUT2D eigenvalue weighted by Crippen LogP contribution is 2.52. The van der Waals surface area contributed by atoms with Crippen molar-refractivity contribution in [1.82, 2.24) is 9.21 Å². The van der Waals surface area contributed by atoms with Gasteiger partial charge in [-0.1, -0.05) is 109 Å². The second kappa shape index (κ2) is 41.8. The average molecular weight is 2020 g/mol. The molecular formula is C94H102Cl2N11O31S2+. The molecule has 11 bridgehead atoms. The Hall–Kier alpha value is -13.0. The molecule has 744 valence electrons. The molecule has 2 aliphatic carbocycles. The van der Waals surface area contributed by atoms with Crippen LogP contribution in [-0.2, 0) is 58.3 Å². The number of nitrogens with one attached hydrogen (secondary N) is 2. The first-order valence-electron chi connectivity index (χ1n) is 43.9. The molecule has 21 N–H and O–H groups in total. The summed E-state index contributed by atoms with van der Waals surface area (Å²) in [5, 5.41) is 182. The number of aliphatic hydroxyl groups excluding tert-OH is 14. The Labute approximate surface area is 809 Å². The molecule has 6 aromatic rings. The zero-order valence-corrected chi connectivity index (χ0v) is 78.7. The number of fused-ring (bicyclic) bond motifs is 12. The first-order valence-corrected chi connectivity index (χ1v) is 47.7. The number of aliphatic imine (C=N–C) groups is 5. The van der Waals surface area contributed by atoms with Gasteiger partial charge in [-0.25, -0.2) is 47.5 Å². The Balaban J connectivity index is 0.919. The molecule has 0 unspecified atom stereocenters. The van der Waals surface area contributed by atoms with Crippen molar-refractivity contribution >= 4 is 125 Å². The lowest BCUT2D eigenvalue weighted by Gasteiger charge is -2.45. The van der Waals surface area contributed by atoms with Gasteiger partial charge in [0.2, 0.25) is 59.5 Å². The highest BCUT2D eigenvalue weighted by Gasteiger charge is 2.53. The largest absolute Gasteiger partial charge is 0.668 e. The van der Waals surface area contributed by atoms with Crippen LogP contribution in [-0.4, -0.2) is 295 Å². The lowest BCUT2D eigenvalue weighted by atomic mass is 9.83. The van der Waals surface area contributed by atoms with Gasteiger partial charge in [0.1, 0.15) is 65.5 Å². The SMILES string of the molecule is Cc1ccc(S(=O)(=O)N(CCCC(=O)N(C)[C@H](CC(C)C)C(O)=N[C@H]2C(O)=[NH+][C@@H](CC([NH-])=O)C(O)=N[C@H]3C(O)=N[C@@H]4C5=C/C(=C6/C(O)=CC(=O)C=C6[C@@H](C(=O)O)N=C(O)[C@@H](N=C4O)[C@H](O)c4ccc(c(Cl)c4)Oc4cc3cc(c4O[C@@H]3O[C@H](CO)[C@@H](O)[C@H](O)[C@H]3O[C@H]3C[C@](C)([NH3+])[C@H](O)[C@H](C)O3)Oc3ccc(cc3Cl)[C@H]2O)C(=O)C=C5)C(O)=C2c3ccccc3N(CCCS(=O)(=O)O)c3ccccc32)cc1. The third-order valence-corrected chi connectivity index (χ3v) is 27.7. The topological polar surface area (TPSA) is 670 Å². The van der Waals surface area contributed by atoms with Crippen molar-refractivity contribution in [3.63, 3.8) is 0 Å². The summed E-state index contributed by atoms with van der Waals surface area (Å²) in [7, 11) is -7.91. The van der Waals surface area contributed by atoms with Crippen LogP contribution in [0.15, 0.2) is 215 Å². The summed E-state index contributed by atoms with van der Waals surface area (Å²) in [4.78, 5) is 96.1. The Morgan fingerprint density at radius 3 is 1.93 bits per heavy atom. The predicted octanol–water partition coefficient (Wildman–Crippen LogP) is 6.81. The molecule has 10 aliphatic rings. The van der Waals surface area contributed by atoms with Crippen molar-refractivity contribution in [3.05, 3.63) is 235 Å². The van der Waals surface area contributed by atoms with Gasteiger partial charge in [0.25, 0.3) is 26.0 Å². The fraction of sp³-hybridized carbons (Fsp3) is 0.372. The zero-order chi connectivity index (χ0) is 101. The first kappa shape index (κ1) is 103. The number of carbonyl (C=O) groups is 5. The number of rotatable bonds is 24. The van der Waals surface area contributed by atoms with E-state index in [2.05, 4.69) is 35.7 Å². The number of benzene rings is 6. The third-order valence-electron chi connectivity index (χ3n) is 24.5. The van der Waals surface area contributed by atoms with E-state index in [1.807, 2.05) is 0 Å². The number of sulfonamides is 1. The number of nitrogens with zero attached hydrogens (tertiary/aromatic N) is 8. The predicted molar refractivity (Wildman–Crippen MR) is 504 cm³/mol. The van der Waals surface area contributed by atoms with Gasteiger partial charge in [0.15, 0.2) is 59.6 Å². The van der Waals surface area contributed by atoms with Crippen molar-refractivity contribution < 1.29 is 161 Å². The number of likely N-dealkylation sites (N-methyl/N-ethyl adjacent to an activating group) is 1. The second-order valence-corrected chi connectivity index (χ2v) is 39.5. The van der Waals surface area contributed by atoms with Crippen molar-refractivity contribution in [2.75, 3.05) is 37.4 Å². The molecule has 2 fully saturated rings. The molecule has 2 amide bonds. The van der Waals surface area contributed by atoms with Gasteiger partial charge in [0, 0.05) is 71.9 Å². The lowest BCUT2D eigenvalue weighted by molar-refractivity contribution is -0.518. The minimum atomic E-state index is -4.77. The van der Waals surface area contributed by atoms with E-state index < -0.39 is 310 Å². The van der Waals surface area contributed by atoms with Crippen LogP contribution in [0.25, 0.3) is 11.3 Å². The Morgan fingerprint density at radius 2 is 1.34 bits per heavy atom. The minimum absolute atomic E-state index is 0.0306. The van der Waals surface area contributed by atoms with Crippen LogP contribution in [0.2, 0.25) is 10.0 Å². The number of aryl methyl sites for hydroxylation is 1. The fourth-order valence-electron chi connectivity index (χ4n) is 17.3. The van der Waals surface area contributed by atoms with Crippen molar-refractivity contribution in [2.45, 2.75) is 187 Å². The van der Waals surface area contributed by atoms with Crippen LogP contribution in [0.3, 0.4) is 0 Å². The van der Waals surface area contributed by atoms with E-state index in [9.17, 15) is 109 Å². The monoisotopic (exact) mass is 2010 g/mol. The Kier molecular flexibility index (Phi) is 30.7. The number of ether oxygens (including phenoxy) is 6. The van der Waals surface area contributed by atoms with E-state index in [1.54, 1.807) is 93.3 Å². The summed E-state index contributed by atoms with van der Waals surface area (Å²) in [5.41, 5.74) is 9.89. The maximum Gasteiger partial charge on any atom is 0.361 e. The van der Waals surface area contributed by atoms with E-state index in [0.29, 0.717) is 40.2 Å². The van der Waals surface area contributed by atoms with Crippen LogP contribution in [0.4, 0.5) is 11.4 Å². The molecule has 2 saturated heterocycles. The molecule has 0 radical (unpaired) electrons. The van der Waals surface area contributed by atoms with E-state index in [-0.39, 0.29) is 53.8 Å².